The first-order valence-electron chi connectivity index (χ1n) is 29.7. The number of nitrogens with zero attached hydrogens (tertiary/aromatic N) is 6. The quantitative estimate of drug-likeness (QED) is 0.0144. The number of carbonyl (C=O) groups is 8. The lowest BCUT2D eigenvalue weighted by Gasteiger charge is -2.27. The van der Waals surface area contributed by atoms with E-state index >= 15 is 0 Å². The van der Waals surface area contributed by atoms with Crippen molar-refractivity contribution in [1.82, 2.24) is 46.0 Å². The topological polar surface area (TPSA) is 353 Å². The van der Waals surface area contributed by atoms with Gasteiger partial charge in [0.1, 0.15) is 57.3 Å². The number of fused-ring (bicyclic) bond motifs is 1. The van der Waals surface area contributed by atoms with Gasteiger partial charge in [-0.1, -0.05) is 19.3 Å². The average Bonchev–Trinajstić information content (AvgIpc) is 2.06. The van der Waals surface area contributed by atoms with Crippen molar-refractivity contribution >= 4 is 65.6 Å². The number of rotatable bonds is 26. The number of aromatic nitrogens is 3. The molecular formula is C63H74N10O15S. The number of carbonyl (C=O) groups excluding carboxylic acids is 4. The molecule has 0 saturated carbocycles. The Labute approximate surface area is 517 Å². The molecule has 3 unspecified atom stereocenters. The zero-order valence-electron chi connectivity index (χ0n) is 50.6. The number of unbranched alkanes of at least 4 members (excludes halogenated alkanes) is 4. The third-order valence-corrected chi connectivity index (χ3v) is 18.1. The van der Waals surface area contributed by atoms with Crippen LogP contribution in [0.3, 0.4) is 0 Å². The van der Waals surface area contributed by atoms with Gasteiger partial charge in [-0.2, -0.15) is 11.8 Å². The summed E-state index contributed by atoms with van der Waals surface area (Å²) in [4.78, 5) is 120. The number of aromatic carboxylic acids is 4. The van der Waals surface area contributed by atoms with Gasteiger partial charge < -0.3 is 59.8 Å². The second-order valence-electron chi connectivity index (χ2n) is 22.8. The molecule has 26 heteroatoms. The second-order valence-corrected chi connectivity index (χ2v) is 24.1. The second kappa shape index (κ2) is 28.5. The average molecular weight is 1240 g/mol. The fourth-order valence-electron chi connectivity index (χ4n) is 12.0. The Balaban J connectivity index is 0.889. The normalized spacial score (nSPS) is 17.1. The number of thioether (sulfide) groups is 1. The number of pyridine rings is 3. The van der Waals surface area contributed by atoms with Crippen molar-refractivity contribution < 1.29 is 72.0 Å². The molecule has 3 aliphatic heterocycles. The lowest BCUT2D eigenvalue weighted by Crippen LogP contribution is -2.36. The SMILES string of the molecule is Cc1oc(-c2cc(CN3CCN(Cc4cc(-c5oc(C)c(C(=O)NCCCCCCNC(=O)CCCCC6SCC7NC(=O)NC76)c5C)cc(C(=O)O)n4)CCN(c4cc(-c5oc(C)c(C(=O)O)c5C)cc(C(=O)O)n4)CC3)nc(C(=O)O)c2)c(C)c1C=O. The lowest BCUT2D eigenvalue weighted by molar-refractivity contribution is -0.121. The molecule has 0 radical (unpaired) electrons. The molecule has 3 saturated heterocycles. The van der Waals surface area contributed by atoms with E-state index in [2.05, 4.69) is 36.2 Å². The molecule has 3 atom stereocenters. The van der Waals surface area contributed by atoms with Crippen LogP contribution in [0.25, 0.3) is 34.0 Å². The van der Waals surface area contributed by atoms with Crippen LogP contribution in [-0.2, 0) is 17.9 Å². The van der Waals surface area contributed by atoms with Gasteiger partial charge in [-0.25, -0.2) is 38.9 Å². The summed E-state index contributed by atoms with van der Waals surface area (Å²) in [6.07, 6.45) is 7.01. The number of aldehydes is 1. The molecule has 0 aromatic carbocycles. The van der Waals surface area contributed by atoms with E-state index in [4.69, 9.17) is 13.3 Å². The highest BCUT2D eigenvalue weighted by Crippen LogP contribution is 2.37. The van der Waals surface area contributed by atoms with Crippen molar-refractivity contribution in [3.05, 3.63) is 116 Å². The van der Waals surface area contributed by atoms with Gasteiger partial charge in [0.05, 0.1) is 34.6 Å². The van der Waals surface area contributed by atoms with Crippen molar-refractivity contribution in [1.29, 1.82) is 0 Å². The van der Waals surface area contributed by atoms with Crippen LogP contribution >= 0.6 is 11.8 Å². The largest absolute Gasteiger partial charge is 0.478 e. The number of hydrogen-bond acceptors (Lipinski definition) is 18. The minimum atomic E-state index is -1.34. The lowest BCUT2D eigenvalue weighted by atomic mass is 10.0. The van der Waals surface area contributed by atoms with E-state index in [0.717, 1.165) is 44.3 Å². The summed E-state index contributed by atoms with van der Waals surface area (Å²) in [6.45, 7) is 12.8. The fourth-order valence-corrected chi connectivity index (χ4v) is 13.5. The maximum absolute atomic E-state index is 13.7. The highest BCUT2D eigenvalue weighted by atomic mass is 32.2. The third kappa shape index (κ3) is 15.3. The van der Waals surface area contributed by atoms with E-state index in [1.165, 1.54) is 25.1 Å². The Morgan fingerprint density at radius 1 is 0.596 bits per heavy atom. The van der Waals surface area contributed by atoms with Gasteiger partial charge in [-0.15, -0.1) is 0 Å². The predicted molar refractivity (Wildman–Crippen MR) is 328 cm³/mol. The molecule has 6 aromatic heterocycles. The molecule has 9 rings (SSSR count). The Kier molecular flexibility index (Phi) is 20.7. The summed E-state index contributed by atoms with van der Waals surface area (Å²) in [6, 6.07) is 9.39. The standard InChI is InChI=1S/C63H74N10O15S/c1-33-44(31-74)36(4)86-55(33)39-23-42(66-45(25-39)59(77)78)29-71-17-18-72(20-22-73(21-19-71)50-28-41(27-47(68-50)61(81)82)57-35(3)53(62(83)84)38(6)88-57)30-43-24-40(26-46(67-43)60(79)80)56-34(2)52(37(5)87-56)58(76)65-16-12-8-7-11-15-64-51(75)14-10-9-13-49-54-48(32-89-49)69-63(85)70-54/h23-28,31,48-49,54H,7-22,29-30,32H2,1-6H3,(H,64,75)(H,65,76)(H,77,78)(H,79,80)(H,81,82)(H,83,84)(H2,69,70,85). The highest BCUT2D eigenvalue weighted by molar-refractivity contribution is 8.00. The van der Waals surface area contributed by atoms with E-state index in [1.54, 1.807) is 52.8 Å². The summed E-state index contributed by atoms with van der Waals surface area (Å²) < 4.78 is 18.2. The molecule has 472 valence electrons. The number of aryl methyl sites for hydroxylation is 3. The van der Waals surface area contributed by atoms with Crippen LogP contribution in [0.2, 0.25) is 0 Å². The van der Waals surface area contributed by atoms with Crippen LogP contribution in [-0.4, -0.2) is 169 Å². The van der Waals surface area contributed by atoms with Crippen molar-refractivity contribution in [3.63, 3.8) is 0 Å². The molecule has 3 aliphatic rings. The van der Waals surface area contributed by atoms with Gasteiger partial charge >= 0.3 is 29.9 Å². The molecule has 0 spiro atoms. The summed E-state index contributed by atoms with van der Waals surface area (Å²) in [7, 11) is 0. The molecule has 8 N–H and O–H groups in total. The number of carboxylic acids is 4. The minimum Gasteiger partial charge on any atom is -0.478 e. The molecule has 9 heterocycles. The number of amides is 4. The van der Waals surface area contributed by atoms with Gasteiger partial charge in [-0.05, 0) is 104 Å². The Morgan fingerprint density at radius 2 is 1.10 bits per heavy atom. The monoisotopic (exact) mass is 1240 g/mol. The van der Waals surface area contributed by atoms with Gasteiger partial charge in [0.25, 0.3) is 5.91 Å². The minimum absolute atomic E-state index is 0.0272. The van der Waals surface area contributed by atoms with E-state index in [9.17, 15) is 58.8 Å². The van der Waals surface area contributed by atoms with Gasteiger partial charge in [0, 0.05) is 116 Å². The van der Waals surface area contributed by atoms with Crippen LogP contribution in [0.4, 0.5) is 10.6 Å². The van der Waals surface area contributed by atoms with Crippen molar-refractivity contribution in [2.45, 2.75) is 123 Å². The van der Waals surface area contributed by atoms with Gasteiger partial charge in [0.15, 0.2) is 12.0 Å². The molecule has 4 amide bonds. The number of furan rings is 3. The maximum atomic E-state index is 13.7. The number of urea groups is 1. The van der Waals surface area contributed by atoms with Gasteiger partial charge in [0.2, 0.25) is 5.91 Å². The van der Waals surface area contributed by atoms with E-state index in [1.807, 2.05) is 26.5 Å². The van der Waals surface area contributed by atoms with E-state index < -0.39 is 23.9 Å². The van der Waals surface area contributed by atoms with E-state index in [0.29, 0.717) is 137 Å². The van der Waals surface area contributed by atoms with Crippen LogP contribution < -0.4 is 26.2 Å². The first-order chi connectivity index (χ1) is 42.6. The number of carboxylic acid groups (broad SMARTS) is 4. The molecule has 3 fully saturated rings. The van der Waals surface area contributed by atoms with Crippen molar-refractivity contribution in [2.24, 2.45) is 0 Å². The predicted octanol–water partition coefficient (Wildman–Crippen LogP) is 8.06. The maximum Gasteiger partial charge on any atom is 0.354 e. The Hall–Kier alpha value is -8.88. The molecular weight excluding hydrogens is 1170 g/mol. The summed E-state index contributed by atoms with van der Waals surface area (Å²) in [5, 5.41) is 53.3. The molecule has 0 aliphatic carbocycles. The Morgan fingerprint density at radius 3 is 1.64 bits per heavy atom. The summed E-state index contributed by atoms with van der Waals surface area (Å²) in [5.74, 6) is -2.67. The zero-order chi connectivity index (χ0) is 63.8. The van der Waals surface area contributed by atoms with Crippen molar-refractivity contribution in [3.8, 4) is 34.0 Å². The summed E-state index contributed by atoms with van der Waals surface area (Å²) >= 11 is 1.87. The number of nitrogens with one attached hydrogen (secondary N) is 4. The first-order valence-corrected chi connectivity index (χ1v) is 30.8. The smallest absolute Gasteiger partial charge is 0.354 e. The third-order valence-electron chi connectivity index (χ3n) is 16.6. The molecule has 89 heavy (non-hydrogen) atoms. The zero-order valence-corrected chi connectivity index (χ0v) is 51.4. The van der Waals surface area contributed by atoms with Crippen LogP contribution in [0.5, 0.6) is 0 Å². The van der Waals surface area contributed by atoms with E-state index in [-0.39, 0.29) is 102 Å². The van der Waals surface area contributed by atoms with Crippen LogP contribution in [0.1, 0.15) is 159 Å². The summed E-state index contributed by atoms with van der Waals surface area (Å²) in [5.41, 5.74) is 2.91. The van der Waals surface area contributed by atoms with Crippen LogP contribution in [0, 0.1) is 41.5 Å². The Bertz CT molecular complexity index is 3700. The van der Waals surface area contributed by atoms with Crippen LogP contribution in [0.15, 0.2) is 49.6 Å². The molecule has 0 bridgehead atoms. The molecule has 25 nitrogen and oxygen atoms in total. The van der Waals surface area contributed by atoms with Gasteiger partial charge in [-0.3, -0.25) is 24.2 Å². The highest BCUT2D eigenvalue weighted by Gasteiger charge is 2.42. The fraction of sp³-hybridized carbons (Fsp3) is 0.444. The van der Waals surface area contributed by atoms with Crippen molar-refractivity contribution in [2.75, 3.05) is 63.0 Å². The molecule has 6 aromatic rings. The number of hydrogen-bond donors (Lipinski definition) is 8. The first kappa shape index (κ1) is 64.6. The number of anilines is 1.